The van der Waals surface area contributed by atoms with Crippen molar-refractivity contribution in [1.29, 1.82) is 0 Å². The largest absolute Gasteiger partial charge is 1.00 e. The van der Waals surface area contributed by atoms with Gasteiger partial charge in [0.15, 0.2) is 0 Å². The fourth-order valence-corrected chi connectivity index (χ4v) is 3.05. The Bertz CT molecular complexity index is 136. The van der Waals surface area contributed by atoms with E-state index in [1.807, 2.05) is 0 Å². The molecule has 0 spiro atoms. The molecule has 0 saturated heterocycles. The second kappa shape index (κ2) is 3.55. The molecular formula is C10H21ClN-. The summed E-state index contributed by atoms with van der Waals surface area (Å²) in [4.78, 5) is 0. The zero-order valence-corrected chi connectivity index (χ0v) is 9.41. The molecule has 0 bridgehead atoms. The van der Waals surface area contributed by atoms with Crippen LogP contribution in [0.2, 0.25) is 0 Å². The van der Waals surface area contributed by atoms with Gasteiger partial charge < -0.3 is 18.1 Å². The number of hydrogen-bond acceptors (Lipinski definition) is 1. The van der Waals surface area contributed by atoms with E-state index in [2.05, 4.69) is 27.7 Å². The van der Waals surface area contributed by atoms with Gasteiger partial charge in [0.25, 0.3) is 0 Å². The van der Waals surface area contributed by atoms with E-state index in [1.54, 1.807) is 0 Å². The molecule has 0 unspecified atom stereocenters. The van der Waals surface area contributed by atoms with Gasteiger partial charge in [0.05, 0.1) is 0 Å². The van der Waals surface area contributed by atoms with Gasteiger partial charge in [-0.05, 0) is 37.5 Å². The molecule has 2 atom stereocenters. The smallest absolute Gasteiger partial charge is 0.0133 e. The Hall–Kier alpha value is 0.250. The minimum absolute atomic E-state index is 0. The topological polar surface area (TPSA) is 26.0 Å². The molecular weight excluding hydrogens is 170 g/mol. The van der Waals surface area contributed by atoms with Crippen LogP contribution >= 0.6 is 0 Å². The standard InChI is InChI=1S/C10H21N.ClH/c1-8-5-9(2,3)7-10(4,11)6-8;/h8H,5-7,11H2,1-4H3;1H/p-1/t8-,10+;/m0./s1. The summed E-state index contributed by atoms with van der Waals surface area (Å²) in [5, 5.41) is 0. The molecule has 1 fully saturated rings. The van der Waals surface area contributed by atoms with Gasteiger partial charge in [-0.3, -0.25) is 0 Å². The highest BCUT2D eigenvalue weighted by atomic mass is 35.5. The van der Waals surface area contributed by atoms with Crippen molar-refractivity contribution >= 4 is 0 Å². The zero-order chi connectivity index (χ0) is 8.70. The van der Waals surface area contributed by atoms with Gasteiger partial charge in [-0.15, -0.1) is 0 Å². The second-order valence-corrected chi connectivity index (χ2v) is 5.51. The van der Waals surface area contributed by atoms with Crippen molar-refractivity contribution in [1.82, 2.24) is 0 Å². The maximum Gasteiger partial charge on any atom is 0.0133 e. The first kappa shape index (κ1) is 12.2. The van der Waals surface area contributed by atoms with Crippen molar-refractivity contribution in [2.45, 2.75) is 52.5 Å². The van der Waals surface area contributed by atoms with E-state index in [1.165, 1.54) is 19.3 Å². The van der Waals surface area contributed by atoms with Gasteiger partial charge in [-0.1, -0.05) is 20.8 Å². The Balaban J connectivity index is 0.00000121. The van der Waals surface area contributed by atoms with E-state index in [4.69, 9.17) is 5.73 Å². The van der Waals surface area contributed by atoms with E-state index in [0.717, 1.165) is 5.92 Å². The lowest BCUT2D eigenvalue weighted by molar-refractivity contribution is -0.00000636. The van der Waals surface area contributed by atoms with Crippen LogP contribution in [0.5, 0.6) is 0 Å². The molecule has 0 radical (unpaired) electrons. The van der Waals surface area contributed by atoms with Gasteiger partial charge >= 0.3 is 0 Å². The fraction of sp³-hybridized carbons (Fsp3) is 1.00. The highest BCUT2D eigenvalue weighted by Gasteiger charge is 2.36. The maximum atomic E-state index is 6.14. The molecule has 0 heterocycles. The molecule has 12 heavy (non-hydrogen) atoms. The first-order valence-corrected chi connectivity index (χ1v) is 4.60. The van der Waals surface area contributed by atoms with Crippen LogP contribution in [0.1, 0.15) is 47.0 Å². The first-order valence-electron chi connectivity index (χ1n) is 4.60. The lowest BCUT2D eigenvalue weighted by atomic mass is 9.65. The van der Waals surface area contributed by atoms with Crippen LogP contribution in [-0.4, -0.2) is 5.54 Å². The average molecular weight is 191 g/mol. The summed E-state index contributed by atoms with van der Waals surface area (Å²) in [5.74, 6) is 0.800. The number of halogens is 1. The highest BCUT2D eigenvalue weighted by molar-refractivity contribution is 4.93. The van der Waals surface area contributed by atoms with Gasteiger partial charge in [-0.25, -0.2) is 0 Å². The molecule has 0 aromatic carbocycles. The fourth-order valence-electron chi connectivity index (χ4n) is 3.05. The molecule has 0 aromatic heterocycles. The van der Waals surface area contributed by atoms with E-state index in [9.17, 15) is 0 Å². The summed E-state index contributed by atoms with van der Waals surface area (Å²) in [7, 11) is 0. The van der Waals surface area contributed by atoms with Crippen molar-refractivity contribution < 1.29 is 12.4 Å². The summed E-state index contributed by atoms with van der Waals surface area (Å²) in [6.07, 6.45) is 3.70. The molecule has 1 rings (SSSR count). The Labute approximate surface area is 82.5 Å². The van der Waals surface area contributed by atoms with Gasteiger partial charge in [-0.2, -0.15) is 0 Å². The summed E-state index contributed by atoms with van der Waals surface area (Å²) in [6.45, 7) is 9.15. The number of nitrogens with two attached hydrogens (primary N) is 1. The van der Waals surface area contributed by atoms with E-state index in [-0.39, 0.29) is 17.9 Å². The minimum atomic E-state index is 0. The summed E-state index contributed by atoms with van der Waals surface area (Å²) < 4.78 is 0. The van der Waals surface area contributed by atoms with Crippen LogP contribution in [0.15, 0.2) is 0 Å². The average Bonchev–Trinajstić information content (AvgIpc) is 1.49. The summed E-state index contributed by atoms with van der Waals surface area (Å²) in [6, 6.07) is 0. The Morgan fingerprint density at radius 3 is 2.00 bits per heavy atom. The molecule has 74 valence electrons. The van der Waals surface area contributed by atoms with Crippen LogP contribution in [0.25, 0.3) is 0 Å². The van der Waals surface area contributed by atoms with Gasteiger partial charge in [0.2, 0.25) is 0 Å². The van der Waals surface area contributed by atoms with E-state index < -0.39 is 0 Å². The van der Waals surface area contributed by atoms with Crippen molar-refractivity contribution in [2.75, 3.05) is 0 Å². The Kier molecular flexibility index (Phi) is 3.62. The van der Waals surface area contributed by atoms with Crippen LogP contribution in [0.3, 0.4) is 0 Å². The lowest BCUT2D eigenvalue weighted by Gasteiger charge is -2.43. The number of hydrogen-bond donors (Lipinski definition) is 1. The molecule has 1 nitrogen and oxygen atoms in total. The van der Waals surface area contributed by atoms with Crippen molar-refractivity contribution in [3.8, 4) is 0 Å². The predicted molar refractivity (Wildman–Crippen MR) is 49.4 cm³/mol. The molecule has 0 aromatic rings. The highest BCUT2D eigenvalue weighted by Crippen LogP contribution is 2.42. The van der Waals surface area contributed by atoms with E-state index >= 15 is 0 Å². The van der Waals surface area contributed by atoms with Crippen molar-refractivity contribution in [3.05, 3.63) is 0 Å². The normalized spacial score (nSPS) is 40.2. The third kappa shape index (κ3) is 3.32. The molecule has 2 N–H and O–H groups in total. The summed E-state index contributed by atoms with van der Waals surface area (Å²) in [5.41, 5.74) is 6.69. The molecule has 0 amide bonds. The summed E-state index contributed by atoms with van der Waals surface area (Å²) >= 11 is 0. The van der Waals surface area contributed by atoms with Gasteiger partial charge in [0.1, 0.15) is 0 Å². The quantitative estimate of drug-likeness (QED) is 0.551. The molecule has 1 saturated carbocycles. The molecule has 2 heteroatoms. The number of rotatable bonds is 0. The Morgan fingerprint density at radius 1 is 1.17 bits per heavy atom. The van der Waals surface area contributed by atoms with Crippen molar-refractivity contribution in [2.24, 2.45) is 17.1 Å². The van der Waals surface area contributed by atoms with Crippen LogP contribution < -0.4 is 18.1 Å². The maximum absolute atomic E-state index is 6.14. The lowest BCUT2D eigenvalue weighted by Crippen LogP contribution is -3.00. The zero-order valence-electron chi connectivity index (χ0n) is 8.65. The van der Waals surface area contributed by atoms with E-state index in [0.29, 0.717) is 5.41 Å². The van der Waals surface area contributed by atoms with Gasteiger partial charge in [0, 0.05) is 5.54 Å². The molecule has 0 aliphatic heterocycles. The van der Waals surface area contributed by atoms with Crippen molar-refractivity contribution in [3.63, 3.8) is 0 Å². The predicted octanol–water partition coefficient (Wildman–Crippen LogP) is -0.446. The SMILES string of the molecule is C[C@H]1CC(C)(C)C[C@](C)(N)C1.[Cl-]. The molecule has 1 aliphatic carbocycles. The third-order valence-corrected chi connectivity index (χ3v) is 2.60. The first-order chi connectivity index (χ1) is 4.81. The second-order valence-electron chi connectivity index (χ2n) is 5.51. The van der Waals surface area contributed by atoms with Crippen LogP contribution in [0, 0.1) is 11.3 Å². The Morgan fingerprint density at radius 2 is 1.67 bits per heavy atom. The minimum Gasteiger partial charge on any atom is -1.00 e. The monoisotopic (exact) mass is 190 g/mol. The van der Waals surface area contributed by atoms with Crippen LogP contribution in [-0.2, 0) is 0 Å². The van der Waals surface area contributed by atoms with Crippen LogP contribution in [0.4, 0.5) is 0 Å². The molecule has 1 aliphatic rings. The third-order valence-electron chi connectivity index (χ3n) is 2.60.